The molecule has 0 fully saturated rings. The zero-order valence-electron chi connectivity index (χ0n) is 11.6. The zero-order valence-corrected chi connectivity index (χ0v) is 12.4. The maximum Gasteiger partial charge on any atom is 0.224 e. The molecule has 1 aromatic rings. The molecule has 1 aromatic heterocycles. The Labute approximate surface area is 114 Å². The zero-order chi connectivity index (χ0) is 13.2. The predicted molar refractivity (Wildman–Crippen MR) is 81.7 cm³/mol. The lowest BCUT2D eigenvalue weighted by molar-refractivity contribution is 0.838. The molecule has 1 heterocycles. The minimum Gasteiger partial charge on any atom is -0.370 e. The lowest BCUT2D eigenvalue weighted by Crippen LogP contribution is -2.09. The number of anilines is 2. The van der Waals surface area contributed by atoms with Crippen LogP contribution in [-0.2, 0) is 0 Å². The molecule has 0 bridgehead atoms. The number of hydrogen-bond donors (Lipinski definition) is 2. The van der Waals surface area contributed by atoms with E-state index in [2.05, 4.69) is 33.8 Å². The van der Waals surface area contributed by atoms with Crippen molar-refractivity contribution in [1.82, 2.24) is 9.97 Å². The third kappa shape index (κ3) is 6.10. The van der Waals surface area contributed by atoms with E-state index in [9.17, 15) is 0 Å². The van der Waals surface area contributed by atoms with Gasteiger partial charge in [0.05, 0.1) is 0 Å². The fraction of sp³-hybridized carbons (Fsp3) is 0.692. The van der Waals surface area contributed by atoms with Crippen LogP contribution in [0.1, 0.15) is 31.9 Å². The van der Waals surface area contributed by atoms with Gasteiger partial charge in [0.1, 0.15) is 5.82 Å². The van der Waals surface area contributed by atoms with E-state index in [1.54, 1.807) is 0 Å². The van der Waals surface area contributed by atoms with Crippen molar-refractivity contribution in [2.45, 2.75) is 33.1 Å². The monoisotopic (exact) mass is 268 g/mol. The third-order valence-electron chi connectivity index (χ3n) is 2.47. The molecular weight excluding hydrogens is 244 g/mol. The van der Waals surface area contributed by atoms with Crippen molar-refractivity contribution in [2.24, 2.45) is 0 Å². The Balaban J connectivity index is 2.41. The molecule has 0 unspecified atom stereocenters. The molecule has 0 saturated carbocycles. The van der Waals surface area contributed by atoms with Crippen molar-refractivity contribution in [2.75, 3.05) is 35.7 Å². The highest BCUT2D eigenvalue weighted by Gasteiger charge is 2.00. The summed E-state index contributed by atoms with van der Waals surface area (Å²) in [6.07, 6.45) is 5.66. The normalized spacial score (nSPS) is 10.4. The molecule has 0 atom stereocenters. The summed E-state index contributed by atoms with van der Waals surface area (Å²) in [5.41, 5.74) is 0.996. The Bertz CT molecular complexity index is 344. The summed E-state index contributed by atoms with van der Waals surface area (Å²) in [6, 6.07) is 1.99. The summed E-state index contributed by atoms with van der Waals surface area (Å²) in [6.45, 7) is 6.02. The summed E-state index contributed by atoms with van der Waals surface area (Å²) < 4.78 is 0. The van der Waals surface area contributed by atoms with Gasteiger partial charge in [-0.2, -0.15) is 16.7 Å². The van der Waals surface area contributed by atoms with Crippen molar-refractivity contribution < 1.29 is 0 Å². The van der Waals surface area contributed by atoms with E-state index < -0.39 is 0 Å². The molecule has 18 heavy (non-hydrogen) atoms. The molecule has 0 saturated heterocycles. The standard InChI is InChI=1S/C13H24N4S/c1-4-7-15-13-16-11(2)10-12(17-13)14-8-5-6-9-18-3/h10H,4-9H2,1-3H3,(H2,14,15,16,17). The molecule has 4 nitrogen and oxygen atoms in total. The second-order valence-corrected chi connectivity index (χ2v) is 5.26. The van der Waals surface area contributed by atoms with E-state index >= 15 is 0 Å². The van der Waals surface area contributed by atoms with Gasteiger partial charge < -0.3 is 10.6 Å². The fourth-order valence-electron chi connectivity index (χ4n) is 1.56. The minimum atomic E-state index is 0.725. The smallest absolute Gasteiger partial charge is 0.224 e. The predicted octanol–water partition coefficient (Wildman–Crippen LogP) is 3.16. The molecule has 1 rings (SSSR count). The number of aromatic nitrogens is 2. The molecule has 2 N–H and O–H groups in total. The van der Waals surface area contributed by atoms with Crippen molar-refractivity contribution in [3.8, 4) is 0 Å². The largest absolute Gasteiger partial charge is 0.370 e. The molecule has 5 heteroatoms. The van der Waals surface area contributed by atoms with E-state index in [0.29, 0.717) is 0 Å². The van der Waals surface area contributed by atoms with Crippen LogP contribution >= 0.6 is 11.8 Å². The average Bonchev–Trinajstić information content (AvgIpc) is 2.35. The van der Waals surface area contributed by atoms with Crippen LogP contribution in [0.4, 0.5) is 11.8 Å². The summed E-state index contributed by atoms with van der Waals surface area (Å²) in [7, 11) is 0. The molecule has 0 aliphatic carbocycles. The van der Waals surface area contributed by atoms with Gasteiger partial charge in [-0.15, -0.1) is 0 Å². The van der Waals surface area contributed by atoms with Gasteiger partial charge in [0.25, 0.3) is 0 Å². The third-order valence-corrected chi connectivity index (χ3v) is 3.17. The van der Waals surface area contributed by atoms with Crippen molar-refractivity contribution in [1.29, 1.82) is 0 Å². The summed E-state index contributed by atoms with van der Waals surface area (Å²) in [5, 5.41) is 6.58. The number of thioether (sulfide) groups is 1. The van der Waals surface area contributed by atoms with Crippen LogP contribution < -0.4 is 10.6 Å². The van der Waals surface area contributed by atoms with Crippen LogP contribution in [0.3, 0.4) is 0 Å². The number of hydrogen-bond acceptors (Lipinski definition) is 5. The van der Waals surface area contributed by atoms with Crippen LogP contribution in [0.5, 0.6) is 0 Å². The average molecular weight is 268 g/mol. The number of aryl methyl sites for hydroxylation is 1. The summed E-state index contributed by atoms with van der Waals surface area (Å²) in [4.78, 5) is 8.81. The van der Waals surface area contributed by atoms with Gasteiger partial charge in [-0.3, -0.25) is 0 Å². The molecule has 0 aliphatic rings. The lowest BCUT2D eigenvalue weighted by atomic mass is 10.3. The van der Waals surface area contributed by atoms with Gasteiger partial charge >= 0.3 is 0 Å². The molecule has 0 aromatic carbocycles. The van der Waals surface area contributed by atoms with E-state index in [4.69, 9.17) is 0 Å². The van der Waals surface area contributed by atoms with Gasteiger partial charge in [-0.25, -0.2) is 4.98 Å². The molecule has 0 amide bonds. The van der Waals surface area contributed by atoms with E-state index in [0.717, 1.165) is 37.0 Å². The first kappa shape index (κ1) is 15.1. The second kappa shape index (κ2) is 9.03. The van der Waals surface area contributed by atoms with Crippen molar-refractivity contribution >= 4 is 23.5 Å². The Morgan fingerprint density at radius 3 is 2.72 bits per heavy atom. The lowest BCUT2D eigenvalue weighted by Gasteiger charge is -2.09. The van der Waals surface area contributed by atoms with Crippen LogP contribution in [-0.4, -0.2) is 35.1 Å². The Morgan fingerprint density at radius 2 is 2.00 bits per heavy atom. The van der Waals surface area contributed by atoms with Gasteiger partial charge in [0.15, 0.2) is 0 Å². The minimum absolute atomic E-state index is 0.725. The topological polar surface area (TPSA) is 49.8 Å². The Morgan fingerprint density at radius 1 is 1.17 bits per heavy atom. The maximum atomic E-state index is 4.45. The number of nitrogens with zero attached hydrogens (tertiary/aromatic N) is 2. The number of nitrogens with one attached hydrogen (secondary N) is 2. The van der Waals surface area contributed by atoms with Gasteiger partial charge in [0, 0.05) is 24.8 Å². The fourth-order valence-corrected chi connectivity index (χ4v) is 2.06. The second-order valence-electron chi connectivity index (χ2n) is 4.27. The van der Waals surface area contributed by atoms with Crippen molar-refractivity contribution in [3.05, 3.63) is 11.8 Å². The van der Waals surface area contributed by atoms with E-state index in [1.807, 2.05) is 24.8 Å². The molecule has 0 spiro atoms. The highest BCUT2D eigenvalue weighted by molar-refractivity contribution is 7.98. The highest BCUT2D eigenvalue weighted by Crippen LogP contribution is 2.10. The molecular formula is C13H24N4S. The number of rotatable bonds is 9. The van der Waals surface area contributed by atoms with E-state index in [-0.39, 0.29) is 0 Å². The van der Waals surface area contributed by atoms with Crippen LogP contribution in [0.2, 0.25) is 0 Å². The summed E-state index contributed by atoms with van der Waals surface area (Å²) >= 11 is 1.90. The molecule has 0 aliphatic heterocycles. The maximum absolute atomic E-state index is 4.45. The highest BCUT2D eigenvalue weighted by atomic mass is 32.2. The summed E-state index contributed by atoms with van der Waals surface area (Å²) in [5.74, 6) is 2.88. The van der Waals surface area contributed by atoms with Crippen LogP contribution in [0.25, 0.3) is 0 Å². The van der Waals surface area contributed by atoms with Crippen LogP contribution in [0.15, 0.2) is 6.07 Å². The first-order valence-electron chi connectivity index (χ1n) is 6.58. The molecule has 0 radical (unpaired) electrons. The van der Waals surface area contributed by atoms with Gasteiger partial charge in [-0.1, -0.05) is 6.92 Å². The Hall–Kier alpha value is -0.970. The number of unbranched alkanes of at least 4 members (excludes halogenated alkanes) is 1. The first-order valence-corrected chi connectivity index (χ1v) is 7.98. The van der Waals surface area contributed by atoms with Crippen molar-refractivity contribution in [3.63, 3.8) is 0 Å². The quantitative estimate of drug-likeness (QED) is 0.674. The SMILES string of the molecule is CCCNc1nc(C)cc(NCCCCSC)n1. The van der Waals surface area contributed by atoms with E-state index in [1.165, 1.54) is 18.6 Å². The molecule has 102 valence electrons. The van der Waals surface area contributed by atoms with Crippen LogP contribution in [0, 0.1) is 6.92 Å². The van der Waals surface area contributed by atoms with Gasteiger partial charge in [0.2, 0.25) is 5.95 Å². The van der Waals surface area contributed by atoms with Gasteiger partial charge in [-0.05, 0) is 38.2 Å². The first-order chi connectivity index (χ1) is 8.76. The Kier molecular flexibility index (Phi) is 7.57.